The molecule has 4 nitrogen and oxygen atoms in total. The molecule has 1 heterocycles. The van der Waals surface area contributed by atoms with Crippen LogP contribution in [0.15, 0.2) is 0 Å². The van der Waals surface area contributed by atoms with E-state index in [1.54, 1.807) is 0 Å². The highest BCUT2D eigenvalue weighted by molar-refractivity contribution is 5.79. The maximum Gasteiger partial charge on any atom is 0.234 e. The lowest BCUT2D eigenvalue weighted by Crippen LogP contribution is -2.46. The molecular weight excluding hydrogens is 166 g/mol. The van der Waals surface area contributed by atoms with Crippen LogP contribution in [0.3, 0.4) is 0 Å². The molecule has 13 heavy (non-hydrogen) atoms. The average Bonchev–Trinajstić information content (AvgIpc) is 2.53. The number of hydrogen-bond donors (Lipinski definition) is 1. The van der Waals surface area contributed by atoms with Gasteiger partial charge in [0.15, 0.2) is 0 Å². The molecule has 2 N–H and O–H groups in total. The smallest absolute Gasteiger partial charge is 0.234 e. The monoisotopic (exact) mass is 181 g/mol. The summed E-state index contributed by atoms with van der Waals surface area (Å²) in [5.41, 5.74) is 5.25. The molecule has 2 atom stereocenters. The lowest BCUT2D eigenvalue weighted by Gasteiger charge is -2.26. The molecule has 1 rings (SSSR count). The fourth-order valence-electron chi connectivity index (χ4n) is 1.90. The first-order valence-corrected chi connectivity index (χ1v) is 4.65. The Morgan fingerprint density at radius 3 is 3.00 bits per heavy atom. The standard InChI is InChI=1S/C9H15N3O/c1-2-8(9(11)13)12-5-3-4-7(12)6-10/h7-8H,2-5H2,1H3,(H2,11,13). The van der Waals surface area contributed by atoms with Crippen molar-refractivity contribution in [2.75, 3.05) is 6.54 Å². The molecule has 0 aliphatic carbocycles. The summed E-state index contributed by atoms with van der Waals surface area (Å²) in [5.74, 6) is -0.315. The van der Waals surface area contributed by atoms with Crippen LogP contribution in [0.4, 0.5) is 0 Å². The lowest BCUT2D eigenvalue weighted by molar-refractivity contribution is -0.123. The Balaban J connectivity index is 2.68. The van der Waals surface area contributed by atoms with Crippen LogP contribution in [-0.4, -0.2) is 29.4 Å². The topological polar surface area (TPSA) is 70.1 Å². The Morgan fingerprint density at radius 1 is 1.85 bits per heavy atom. The van der Waals surface area contributed by atoms with Crippen molar-refractivity contribution in [1.29, 1.82) is 5.26 Å². The summed E-state index contributed by atoms with van der Waals surface area (Å²) in [6.45, 7) is 2.74. The van der Waals surface area contributed by atoms with Crippen LogP contribution in [0, 0.1) is 11.3 Å². The van der Waals surface area contributed by atoms with Crippen molar-refractivity contribution in [3.05, 3.63) is 0 Å². The number of amides is 1. The van der Waals surface area contributed by atoms with Crippen LogP contribution in [-0.2, 0) is 4.79 Å². The van der Waals surface area contributed by atoms with Gasteiger partial charge in [-0.05, 0) is 19.3 Å². The van der Waals surface area contributed by atoms with Crippen molar-refractivity contribution >= 4 is 5.91 Å². The second kappa shape index (κ2) is 4.24. The van der Waals surface area contributed by atoms with Crippen molar-refractivity contribution in [3.8, 4) is 6.07 Å². The molecule has 1 aliphatic rings. The van der Waals surface area contributed by atoms with Crippen LogP contribution in [0.5, 0.6) is 0 Å². The fourth-order valence-corrected chi connectivity index (χ4v) is 1.90. The molecule has 1 saturated heterocycles. The zero-order chi connectivity index (χ0) is 9.84. The SMILES string of the molecule is CCC(C(N)=O)N1CCCC1C#N. The molecule has 1 fully saturated rings. The second-order valence-electron chi connectivity index (χ2n) is 3.35. The number of hydrogen-bond acceptors (Lipinski definition) is 3. The maximum absolute atomic E-state index is 11.1. The predicted molar refractivity (Wildman–Crippen MR) is 48.6 cm³/mol. The maximum atomic E-state index is 11.1. The van der Waals surface area contributed by atoms with E-state index in [1.807, 2.05) is 11.8 Å². The van der Waals surface area contributed by atoms with Crippen molar-refractivity contribution in [1.82, 2.24) is 4.90 Å². The van der Waals surface area contributed by atoms with E-state index in [0.29, 0.717) is 6.42 Å². The van der Waals surface area contributed by atoms with Gasteiger partial charge in [0, 0.05) is 6.54 Å². The van der Waals surface area contributed by atoms with E-state index in [1.165, 1.54) is 0 Å². The zero-order valence-electron chi connectivity index (χ0n) is 7.86. The van der Waals surface area contributed by atoms with Crippen molar-refractivity contribution < 1.29 is 4.79 Å². The summed E-state index contributed by atoms with van der Waals surface area (Å²) < 4.78 is 0. The van der Waals surface area contributed by atoms with Crippen LogP contribution in [0.2, 0.25) is 0 Å². The minimum atomic E-state index is -0.315. The summed E-state index contributed by atoms with van der Waals surface area (Å²) in [6, 6.07) is 1.83. The molecule has 72 valence electrons. The summed E-state index contributed by atoms with van der Waals surface area (Å²) in [4.78, 5) is 13.0. The minimum absolute atomic E-state index is 0.113. The minimum Gasteiger partial charge on any atom is -0.368 e. The number of nitriles is 1. The number of likely N-dealkylation sites (tertiary alicyclic amines) is 1. The van der Waals surface area contributed by atoms with E-state index in [0.717, 1.165) is 19.4 Å². The number of rotatable bonds is 3. The van der Waals surface area contributed by atoms with Gasteiger partial charge in [-0.1, -0.05) is 6.92 Å². The first-order chi connectivity index (χ1) is 6.20. The third-order valence-corrected chi connectivity index (χ3v) is 2.56. The Hall–Kier alpha value is -1.08. The molecule has 4 heteroatoms. The van der Waals surface area contributed by atoms with Crippen LogP contribution < -0.4 is 5.73 Å². The molecular formula is C9H15N3O. The third kappa shape index (κ3) is 1.99. The highest BCUT2D eigenvalue weighted by Crippen LogP contribution is 2.20. The largest absolute Gasteiger partial charge is 0.368 e. The van der Waals surface area contributed by atoms with Gasteiger partial charge in [-0.2, -0.15) is 5.26 Å². The second-order valence-corrected chi connectivity index (χ2v) is 3.35. The Morgan fingerprint density at radius 2 is 2.54 bits per heavy atom. The van der Waals surface area contributed by atoms with Gasteiger partial charge >= 0.3 is 0 Å². The van der Waals surface area contributed by atoms with Crippen molar-refractivity contribution in [2.24, 2.45) is 5.73 Å². The van der Waals surface area contributed by atoms with E-state index in [-0.39, 0.29) is 18.0 Å². The molecule has 0 bridgehead atoms. The van der Waals surface area contributed by atoms with Gasteiger partial charge in [-0.25, -0.2) is 0 Å². The number of primary amides is 1. The number of nitrogens with two attached hydrogens (primary N) is 1. The molecule has 0 aromatic heterocycles. The van der Waals surface area contributed by atoms with Gasteiger partial charge in [0.05, 0.1) is 18.2 Å². The normalized spacial score (nSPS) is 25.4. The lowest BCUT2D eigenvalue weighted by atomic mass is 10.1. The van der Waals surface area contributed by atoms with E-state index in [9.17, 15) is 4.79 Å². The Kier molecular flexibility index (Phi) is 3.26. The summed E-state index contributed by atoms with van der Waals surface area (Å²) in [6.07, 6.45) is 2.54. The molecule has 0 saturated carbocycles. The number of nitrogens with zero attached hydrogens (tertiary/aromatic N) is 2. The number of carbonyl (C=O) groups is 1. The predicted octanol–water partition coefficient (Wildman–Crippen LogP) is 0.238. The van der Waals surface area contributed by atoms with E-state index >= 15 is 0 Å². The molecule has 0 aromatic rings. The molecule has 0 radical (unpaired) electrons. The average molecular weight is 181 g/mol. The van der Waals surface area contributed by atoms with Crippen LogP contribution >= 0.6 is 0 Å². The van der Waals surface area contributed by atoms with Gasteiger partial charge in [0.2, 0.25) is 5.91 Å². The van der Waals surface area contributed by atoms with Crippen LogP contribution in [0.25, 0.3) is 0 Å². The first-order valence-electron chi connectivity index (χ1n) is 4.65. The molecule has 1 aliphatic heterocycles. The summed E-state index contributed by atoms with van der Waals surface area (Å²) in [7, 11) is 0. The molecule has 0 spiro atoms. The first kappa shape index (κ1) is 10.0. The number of carbonyl (C=O) groups excluding carboxylic acids is 1. The zero-order valence-corrected chi connectivity index (χ0v) is 7.86. The summed E-state index contributed by atoms with van der Waals surface area (Å²) >= 11 is 0. The fraction of sp³-hybridized carbons (Fsp3) is 0.778. The Bertz CT molecular complexity index is 234. The molecule has 0 aromatic carbocycles. The van der Waals surface area contributed by atoms with E-state index in [2.05, 4.69) is 6.07 Å². The van der Waals surface area contributed by atoms with Crippen molar-refractivity contribution in [2.45, 2.75) is 38.3 Å². The van der Waals surface area contributed by atoms with Gasteiger partial charge in [0.1, 0.15) is 0 Å². The van der Waals surface area contributed by atoms with Gasteiger partial charge in [-0.15, -0.1) is 0 Å². The summed E-state index contributed by atoms with van der Waals surface area (Å²) in [5, 5.41) is 8.82. The molecule has 1 amide bonds. The third-order valence-electron chi connectivity index (χ3n) is 2.56. The highest BCUT2D eigenvalue weighted by Gasteiger charge is 2.32. The quantitative estimate of drug-likeness (QED) is 0.678. The van der Waals surface area contributed by atoms with Gasteiger partial charge < -0.3 is 5.73 Å². The van der Waals surface area contributed by atoms with Crippen LogP contribution in [0.1, 0.15) is 26.2 Å². The van der Waals surface area contributed by atoms with Gasteiger partial charge in [0.25, 0.3) is 0 Å². The molecule has 2 unspecified atom stereocenters. The highest BCUT2D eigenvalue weighted by atomic mass is 16.1. The van der Waals surface area contributed by atoms with Crippen molar-refractivity contribution in [3.63, 3.8) is 0 Å². The van der Waals surface area contributed by atoms with E-state index < -0.39 is 0 Å². The van der Waals surface area contributed by atoms with Gasteiger partial charge in [-0.3, -0.25) is 9.69 Å². The Labute approximate surface area is 78.3 Å². The van der Waals surface area contributed by atoms with E-state index in [4.69, 9.17) is 11.0 Å².